The van der Waals surface area contributed by atoms with Crippen molar-refractivity contribution in [2.75, 3.05) is 20.8 Å². The Morgan fingerprint density at radius 2 is 2.18 bits per heavy atom. The van der Waals surface area contributed by atoms with E-state index in [1.807, 2.05) is 13.1 Å². The van der Waals surface area contributed by atoms with E-state index in [9.17, 15) is 0 Å². The molecule has 0 saturated heterocycles. The number of rotatable bonds is 7. The minimum atomic E-state index is 0.245. The maximum atomic E-state index is 8.89. The first-order chi connectivity index (χ1) is 8.26. The molecule has 0 saturated carbocycles. The molecule has 1 aromatic rings. The van der Waals surface area contributed by atoms with Crippen molar-refractivity contribution in [3.63, 3.8) is 0 Å². The average molecular weight is 237 g/mol. The zero-order chi connectivity index (χ0) is 12.7. The van der Waals surface area contributed by atoms with Gasteiger partial charge in [0.1, 0.15) is 5.75 Å². The van der Waals surface area contributed by atoms with Crippen molar-refractivity contribution in [3.8, 4) is 5.75 Å². The highest BCUT2D eigenvalue weighted by molar-refractivity contribution is 5.38. The number of hydrogen-bond donors (Lipinski definition) is 2. The van der Waals surface area contributed by atoms with Crippen LogP contribution < -0.4 is 10.1 Å². The molecule has 0 spiro atoms. The van der Waals surface area contributed by atoms with E-state index in [0.29, 0.717) is 6.04 Å². The Hall–Kier alpha value is -1.06. The molecule has 0 heterocycles. The second kappa shape index (κ2) is 7.30. The van der Waals surface area contributed by atoms with Crippen molar-refractivity contribution in [1.82, 2.24) is 5.32 Å². The molecular weight excluding hydrogens is 214 g/mol. The van der Waals surface area contributed by atoms with Crippen molar-refractivity contribution in [3.05, 3.63) is 29.3 Å². The lowest BCUT2D eigenvalue weighted by Gasteiger charge is -2.18. The van der Waals surface area contributed by atoms with Gasteiger partial charge < -0.3 is 15.2 Å². The van der Waals surface area contributed by atoms with Gasteiger partial charge in [0.15, 0.2) is 0 Å². The highest BCUT2D eigenvalue weighted by Crippen LogP contribution is 2.25. The lowest BCUT2D eigenvalue weighted by molar-refractivity contribution is 0.276. The van der Waals surface area contributed by atoms with Crippen LogP contribution in [0.2, 0.25) is 0 Å². The third kappa shape index (κ3) is 3.72. The molecule has 96 valence electrons. The van der Waals surface area contributed by atoms with E-state index in [0.717, 1.165) is 25.0 Å². The van der Waals surface area contributed by atoms with Gasteiger partial charge in [0.25, 0.3) is 0 Å². The minimum absolute atomic E-state index is 0.245. The van der Waals surface area contributed by atoms with Crippen LogP contribution in [0.4, 0.5) is 0 Å². The molecule has 17 heavy (non-hydrogen) atoms. The summed E-state index contributed by atoms with van der Waals surface area (Å²) in [5.41, 5.74) is 2.49. The SMILES string of the molecule is CCc1cc(C(CCCO)NC)ccc1OC. The Morgan fingerprint density at radius 1 is 1.41 bits per heavy atom. The van der Waals surface area contributed by atoms with Gasteiger partial charge in [-0.15, -0.1) is 0 Å². The first kappa shape index (κ1) is 14.0. The van der Waals surface area contributed by atoms with E-state index in [-0.39, 0.29) is 6.61 Å². The molecule has 0 aromatic heterocycles. The largest absolute Gasteiger partial charge is 0.496 e. The van der Waals surface area contributed by atoms with Crippen LogP contribution >= 0.6 is 0 Å². The van der Waals surface area contributed by atoms with Crippen LogP contribution in [0.15, 0.2) is 18.2 Å². The Bertz CT molecular complexity index is 339. The number of hydrogen-bond acceptors (Lipinski definition) is 3. The summed E-state index contributed by atoms with van der Waals surface area (Å²) in [6, 6.07) is 6.61. The number of nitrogens with one attached hydrogen (secondary N) is 1. The summed E-state index contributed by atoms with van der Waals surface area (Å²) >= 11 is 0. The van der Waals surface area contributed by atoms with Gasteiger partial charge in [0.05, 0.1) is 7.11 Å². The summed E-state index contributed by atoms with van der Waals surface area (Å²) in [7, 11) is 3.66. The Labute approximate surface area is 104 Å². The molecule has 0 bridgehead atoms. The van der Waals surface area contributed by atoms with Crippen molar-refractivity contribution < 1.29 is 9.84 Å². The molecule has 1 unspecified atom stereocenters. The van der Waals surface area contributed by atoms with Gasteiger partial charge in [-0.25, -0.2) is 0 Å². The molecule has 1 atom stereocenters. The average Bonchev–Trinajstić information content (AvgIpc) is 2.39. The molecule has 1 aromatic carbocycles. The standard InChI is InChI=1S/C14H23NO2/c1-4-11-10-12(7-8-14(11)17-3)13(15-2)6-5-9-16/h7-8,10,13,15-16H,4-6,9H2,1-3H3. The summed E-state index contributed by atoms with van der Waals surface area (Å²) in [4.78, 5) is 0. The first-order valence-corrected chi connectivity index (χ1v) is 6.21. The molecule has 3 nitrogen and oxygen atoms in total. The first-order valence-electron chi connectivity index (χ1n) is 6.21. The molecule has 1 rings (SSSR count). The lowest BCUT2D eigenvalue weighted by atomic mass is 9.98. The van der Waals surface area contributed by atoms with E-state index in [4.69, 9.17) is 9.84 Å². The van der Waals surface area contributed by atoms with Gasteiger partial charge in [0, 0.05) is 12.6 Å². The lowest BCUT2D eigenvalue weighted by Crippen LogP contribution is -2.17. The summed E-state index contributed by atoms with van der Waals surface area (Å²) < 4.78 is 5.33. The number of methoxy groups -OCH3 is 1. The number of ether oxygens (including phenoxy) is 1. The fourth-order valence-electron chi connectivity index (χ4n) is 2.06. The van der Waals surface area contributed by atoms with Crippen LogP contribution in [0.25, 0.3) is 0 Å². The molecule has 2 N–H and O–H groups in total. The molecule has 0 aliphatic heterocycles. The summed E-state index contributed by atoms with van der Waals surface area (Å²) in [6.45, 7) is 2.37. The zero-order valence-corrected chi connectivity index (χ0v) is 11.0. The van der Waals surface area contributed by atoms with Gasteiger partial charge in [-0.3, -0.25) is 0 Å². The molecule has 0 aliphatic carbocycles. The number of aryl methyl sites for hydroxylation is 1. The second-order valence-electron chi connectivity index (χ2n) is 4.13. The molecule has 0 amide bonds. The number of aliphatic hydroxyl groups excluding tert-OH is 1. The molecular formula is C14H23NO2. The van der Waals surface area contributed by atoms with E-state index in [2.05, 4.69) is 24.4 Å². The highest BCUT2D eigenvalue weighted by atomic mass is 16.5. The summed E-state index contributed by atoms with van der Waals surface area (Å²) in [5.74, 6) is 0.952. The Kier molecular flexibility index (Phi) is 6.01. The van der Waals surface area contributed by atoms with Gasteiger partial charge in [-0.1, -0.05) is 19.1 Å². The molecule has 3 heteroatoms. The van der Waals surface area contributed by atoms with Gasteiger partial charge in [0.2, 0.25) is 0 Å². The predicted octanol–water partition coefficient (Wildman–Crippen LogP) is 2.29. The fraction of sp³-hybridized carbons (Fsp3) is 0.571. The smallest absolute Gasteiger partial charge is 0.122 e. The fourth-order valence-corrected chi connectivity index (χ4v) is 2.06. The van der Waals surface area contributed by atoms with E-state index < -0.39 is 0 Å². The topological polar surface area (TPSA) is 41.5 Å². The van der Waals surface area contributed by atoms with E-state index >= 15 is 0 Å². The maximum Gasteiger partial charge on any atom is 0.122 e. The maximum absolute atomic E-state index is 8.89. The molecule has 0 radical (unpaired) electrons. The predicted molar refractivity (Wildman–Crippen MR) is 70.5 cm³/mol. The minimum Gasteiger partial charge on any atom is -0.496 e. The van der Waals surface area contributed by atoms with Crippen LogP contribution in [-0.4, -0.2) is 25.9 Å². The number of benzene rings is 1. The van der Waals surface area contributed by atoms with Crippen molar-refractivity contribution in [2.45, 2.75) is 32.2 Å². The third-order valence-electron chi connectivity index (χ3n) is 3.09. The van der Waals surface area contributed by atoms with Gasteiger partial charge in [-0.05, 0) is 43.5 Å². The Balaban J connectivity index is 2.88. The normalized spacial score (nSPS) is 12.5. The third-order valence-corrected chi connectivity index (χ3v) is 3.09. The van der Waals surface area contributed by atoms with Gasteiger partial charge in [-0.2, -0.15) is 0 Å². The van der Waals surface area contributed by atoms with Crippen molar-refractivity contribution >= 4 is 0 Å². The molecule has 0 aliphatic rings. The second-order valence-corrected chi connectivity index (χ2v) is 4.13. The van der Waals surface area contributed by atoms with Crippen LogP contribution in [0.1, 0.15) is 36.9 Å². The highest BCUT2D eigenvalue weighted by Gasteiger charge is 2.11. The van der Waals surface area contributed by atoms with Crippen molar-refractivity contribution in [1.29, 1.82) is 0 Å². The quantitative estimate of drug-likeness (QED) is 0.764. The Morgan fingerprint density at radius 3 is 2.71 bits per heavy atom. The summed E-state index contributed by atoms with van der Waals surface area (Å²) in [6.07, 6.45) is 2.73. The summed E-state index contributed by atoms with van der Waals surface area (Å²) in [5, 5.41) is 12.2. The van der Waals surface area contributed by atoms with Crippen LogP contribution in [0.3, 0.4) is 0 Å². The van der Waals surface area contributed by atoms with Crippen LogP contribution in [-0.2, 0) is 6.42 Å². The monoisotopic (exact) mass is 237 g/mol. The zero-order valence-electron chi connectivity index (χ0n) is 11.0. The molecule has 0 fully saturated rings. The van der Waals surface area contributed by atoms with Gasteiger partial charge >= 0.3 is 0 Å². The number of aliphatic hydroxyl groups is 1. The van der Waals surface area contributed by atoms with Crippen molar-refractivity contribution in [2.24, 2.45) is 0 Å². The van der Waals surface area contributed by atoms with E-state index in [1.54, 1.807) is 7.11 Å². The van der Waals surface area contributed by atoms with Crippen LogP contribution in [0.5, 0.6) is 5.75 Å². The van der Waals surface area contributed by atoms with Crippen LogP contribution in [0, 0.1) is 0 Å². The van der Waals surface area contributed by atoms with E-state index in [1.165, 1.54) is 11.1 Å².